The van der Waals surface area contributed by atoms with Gasteiger partial charge in [0.25, 0.3) is 0 Å². The van der Waals surface area contributed by atoms with Gasteiger partial charge in [-0.3, -0.25) is 0 Å². The van der Waals surface area contributed by atoms with Crippen molar-refractivity contribution in [1.29, 1.82) is 0 Å². The number of fused-ring (bicyclic) bond motifs is 1. The highest BCUT2D eigenvalue weighted by atomic mass is 16.5. The molecule has 2 aliphatic rings. The van der Waals surface area contributed by atoms with Gasteiger partial charge in [-0.05, 0) is 12.3 Å². The molecule has 2 aliphatic carbocycles. The summed E-state index contributed by atoms with van der Waals surface area (Å²) in [6.45, 7) is 4.57. The molecule has 2 heteroatoms. The fourth-order valence-electron chi connectivity index (χ4n) is 1.90. The van der Waals surface area contributed by atoms with Crippen LogP contribution in [0.25, 0.3) is 0 Å². The Labute approximate surface area is 80.2 Å². The van der Waals surface area contributed by atoms with Crippen LogP contribution in [-0.2, 0) is 4.74 Å². The maximum Gasteiger partial charge on any atom is 0.118 e. The predicted molar refractivity (Wildman–Crippen MR) is 55.1 cm³/mol. The molecule has 0 radical (unpaired) electrons. The fraction of sp³-hybridized carbons (Fsp3) is 0.455. The molecular formula is C11H17NO. The number of rotatable bonds is 3. The van der Waals surface area contributed by atoms with Crippen molar-refractivity contribution in [2.75, 3.05) is 13.7 Å². The summed E-state index contributed by atoms with van der Waals surface area (Å²) in [5.74, 6) is 1.36. The first-order valence-corrected chi connectivity index (χ1v) is 4.56. The Morgan fingerprint density at radius 3 is 3.23 bits per heavy atom. The largest absolute Gasteiger partial charge is 0.497 e. The summed E-state index contributed by atoms with van der Waals surface area (Å²) in [6, 6.07) is 0. The van der Waals surface area contributed by atoms with Crippen LogP contribution in [0.5, 0.6) is 0 Å². The van der Waals surface area contributed by atoms with Gasteiger partial charge in [0.05, 0.1) is 7.11 Å². The van der Waals surface area contributed by atoms with Crippen molar-refractivity contribution in [3.63, 3.8) is 0 Å². The van der Waals surface area contributed by atoms with E-state index in [2.05, 4.69) is 24.8 Å². The Hall–Kier alpha value is -1.02. The summed E-state index contributed by atoms with van der Waals surface area (Å²) in [7, 11) is 1.65. The molecule has 2 atom stereocenters. The van der Waals surface area contributed by atoms with Gasteiger partial charge in [-0.25, -0.2) is 0 Å². The third-order valence-electron chi connectivity index (χ3n) is 3.10. The van der Waals surface area contributed by atoms with Gasteiger partial charge >= 0.3 is 0 Å². The highest BCUT2D eigenvalue weighted by molar-refractivity contribution is 5.43. The average Bonchev–Trinajstić information content (AvgIpc) is 2.90. The van der Waals surface area contributed by atoms with Crippen molar-refractivity contribution in [3.05, 3.63) is 36.1 Å². The van der Waals surface area contributed by atoms with E-state index in [1.165, 1.54) is 6.42 Å². The Morgan fingerprint density at radius 2 is 2.69 bits per heavy atom. The SMILES string of the molecule is C=C(OC)C1=CC2CC2(CN)C=C1.[HH]. The zero-order valence-corrected chi connectivity index (χ0v) is 7.92. The minimum atomic E-state index is 0. The molecule has 2 N–H and O–H groups in total. The van der Waals surface area contributed by atoms with Crippen LogP contribution in [0.3, 0.4) is 0 Å². The van der Waals surface area contributed by atoms with Crippen molar-refractivity contribution < 1.29 is 6.16 Å². The summed E-state index contributed by atoms with van der Waals surface area (Å²) in [5.41, 5.74) is 7.08. The van der Waals surface area contributed by atoms with Gasteiger partial charge in [-0.2, -0.15) is 0 Å². The van der Waals surface area contributed by atoms with E-state index in [-0.39, 0.29) is 6.84 Å². The molecule has 0 heterocycles. The van der Waals surface area contributed by atoms with Gasteiger partial charge in [-0.1, -0.05) is 24.8 Å². The van der Waals surface area contributed by atoms with Crippen LogP contribution in [0.2, 0.25) is 0 Å². The summed E-state index contributed by atoms with van der Waals surface area (Å²) in [4.78, 5) is 0. The molecule has 0 saturated heterocycles. The molecule has 2 unspecified atom stereocenters. The monoisotopic (exact) mass is 179 g/mol. The molecule has 0 amide bonds. The Morgan fingerprint density at radius 1 is 1.92 bits per heavy atom. The van der Waals surface area contributed by atoms with Crippen LogP contribution in [0.1, 0.15) is 7.85 Å². The van der Waals surface area contributed by atoms with E-state index >= 15 is 0 Å². The Balaban J connectivity index is 0.000000980. The van der Waals surface area contributed by atoms with E-state index < -0.39 is 0 Å². The third-order valence-corrected chi connectivity index (χ3v) is 3.10. The molecule has 72 valence electrons. The molecule has 0 bridgehead atoms. The third kappa shape index (κ3) is 1.22. The van der Waals surface area contributed by atoms with Crippen LogP contribution in [0.15, 0.2) is 36.1 Å². The summed E-state index contributed by atoms with van der Waals surface area (Å²) >= 11 is 0. The van der Waals surface area contributed by atoms with E-state index in [0.717, 1.165) is 17.9 Å². The number of allylic oxidation sites excluding steroid dienone is 2. The topological polar surface area (TPSA) is 35.2 Å². The lowest BCUT2D eigenvalue weighted by Gasteiger charge is -2.14. The number of hydrogen-bond acceptors (Lipinski definition) is 2. The zero-order chi connectivity index (χ0) is 9.47. The summed E-state index contributed by atoms with van der Waals surface area (Å²) in [6.07, 6.45) is 7.68. The number of nitrogens with two attached hydrogens (primary N) is 1. The molecule has 0 aromatic heterocycles. The molecule has 0 aliphatic heterocycles. The van der Waals surface area contributed by atoms with Crippen molar-refractivity contribution in [2.45, 2.75) is 6.42 Å². The van der Waals surface area contributed by atoms with E-state index in [4.69, 9.17) is 10.5 Å². The first-order valence-electron chi connectivity index (χ1n) is 4.56. The second kappa shape index (κ2) is 2.74. The summed E-state index contributed by atoms with van der Waals surface area (Å²) < 4.78 is 5.08. The standard InChI is InChI=1S/C11H15NO.H2/c1-8(13-2)9-3-4-11(7-12)6-10(11)5-9;/h3-5,10H,1,6-7,12H2,2H3;1H. The Kier molecular flexibility index (Phi) is 1.81. The molecule has 1 saturated carbocycles. The lowest BCUT2D eigenvalue weighted by Crippen LogP contribution is -2.16. The first-order chi connectivity index (χ1) is 6.22. The maximum absolute atomic E-state index is 5.70. The predicted octanol–water partition coefficient (Wildman–Crippen LogP) is 1.85. The maximum atomic E-state index is 5.70. The zero-order valence-electron chi connectivity index (χ0n) is 7.92. The molecule has 2 rings (SSSR count). The highest BCUT2D eigenvalue weighted by Crippen LogP contribution is 2.56. The van der Waals surface area contributed by atoms with Gasteiger partial charge in [0.2, 0.25) is 0 Å². The van der Waals surface area contributed by atoms with Crippen LogP contribution in [0, 0.1) is 11.3 Å². The van der Waals surface area contributed by atoms with E-state index in [1.807, 2.05) is 0 Å². The lowest BCUT2D eigenvalue weighted by molar-refractivity contribution is 0.304. The first kappa shape index (κ1) is 8.57. The van der Waals surface area contributed by atoms with E-state index in [0.29, 0.717) is 5.92 Å². The minimum Gasteiger partial charge on any atom is -0.497 e. The molecule has 13 heavy (non-hydrogen) atoms. The number of methoxy groups -OCH3 is 1. The van der Waals surface area contributed by atoms with Crippen LogP contribution in [0.4, 0.5) is 0 Å². The molecule has 0 aromatic rings. The van der Waals surface area contributed by atoms with Crippen LogP contribution < -0.4 is 5.73 Å². The fourth-order valence-corrected chi connectivity index (χ4v) is 1.90. The van der Waals surface area contributed by atoms with Crippen LogP contribution >= 0.6 is 0 Å². The lowest BCUT2D eigenvalue weighted by atomic mass is 9.95. The van der Waals surface area contributed by atoms with Crippen molar-refractivity contribution in [1.82, 2.24) is 0 Å². The highest BCUT2D eigenvalue weighted by Gasteiger charge is 2.51. The average molecular weight is 179 g/mol. The van der Waals surface area contributed by atoms with E-state index in [9.17, 15) is 0 Å². The van der Waals surface area contributed by atoms with E-state index in [1.54, 1.807) is 7.11 Å². The quantitative estimate of drug-likeness (QED) is 0.671. The molecule has 0 aromatic carbocycles. The molecule has 1 fully saturated rings. The smallest absolute Gasteiger partial charge is 0.118 e. The van der Waals surface area contributed by atoms with Crippen molar-refractivity contribution in [2.24, 2.45) is 17.1 Å². The Bertz CT molecular complexity index is 308. The van der Waals surface area contributed by atoms with Gasteiger partial charge in [0.15, 0.2) is 0 Å². The number of hydrogen-bond donors (Lipinski definition) is 1. The minimum absolute atomic E-state index is 0. The van der Waals surface area contributed by atoms with Crippen LogP contribution in [-0.4, -0.2) is 13.7 Å². The van der Waals surface area contributed by atoms with Gasteiger partial charge in [-0.15, -0.1) is 0 Å². The van der Waals surface area contributed by atoms with Crippen molar-refractivity contribution in [3.8, 4) is 0 Å². The molecule has 2 nitrogen and oxygen atoms in total. The second-order valence-corrected chi connectivity index (χ2v) is 3.83. The number of ether oxygens (including phenoxy) is 1. The second-order valence-electron chi connectivity index (χ2n) is 3.83. The summed E-state index contributed by atoms with van der Waals surface area (Å²) in [5, 5.41) is 0. The van der Waals surface area contributed by atoms with Gasteiger partial charge in [0, 0.05) is 19.0 Å². The molecule has 0 spiro atoms. The normalized spacial score (nSPS) is 34.9. The molecular weight excluding hydrogens is 162 g/mol. The van der Waals surface area contributed by atoms with Crippen molar-refractivity contribution >= 4 is 0 Å². The van der Waals surface area contributed by atoms with Gasteiger partial charge < -0.3 is 10.5 Å². The van der Waals surface area contributed by atoms with Gasteiger partial charge in [0.1, 0.15) is 5.76 Å².